The molecule has 1 atom stereocenters. The van der Waals surface area contributed by atoms with E-state index in [1.807, 2.05) is 43.3 Å². The molecule has 0 aliphatic carbocycles. The Hall–Kier alpha value is -3.52. The zero-order valence-corrected chi connectivity index (χ0v) is 18.6. The third-order valence-corrected chi connectivity index (χ3v) is 6.62. The van der Waals surface area contributed by atoms with E-state index in [9.17, 15) is 13.2 Å². The first kappa shape index (κ1) is 21.7. The van der Waals surface area contributed by atoms with Gasteiger partial charge in [0, 0.05) is 11.3 Å². The zero-order valence-electron chi connectivity index (χ0n) is 17.8. The van der Waals surface area contributed by atoms with Crippen LogP contribution in [0.1, 0.15) is 21.5 Å². The molecule has 0 unspecified atom stereocenters. The summed E-state index contributed by atoms with van der Waals surface area (Å²) in [6.45, 7) is 4.15. The Bertz CT molecular complexity index is 1240. The van der Waals surface area contributed by atoms with Gasteiger partial charge in [-0.15, -0.1) is 0 Å². The van der Waals surface area contributed by atoms with E-state index >= 15 is 0 Å². The molecule has 1 heterocycles. The van der Waals surface area contributed by atoms with Gasteiger partial charge < -0.3 is 14.8 Å². The zero-order chi connectivity index (χ0) is 22.7. The number of hydrogen-bond acceptors (Lipinski definition) is 5. The topological polar surface area (TPSA) is 93.7 Å². The number of carbonyl (C=O) groups is 1. The van der Waals surface area contributed by atoms with Gasteiger partial charge in [-0.25, -0.2) is 8.42 Å². The Morgan fingerprint density at radius 2 is 1.72 bits per heavy atom. The summed E-state index contributed by atoms with van der Waals surface area (Å²) in [6, 6.07) is 19.0. The van der Waals surface area contributed by atoms with E-state index in [4.69, 9.17) is 9.47 Å². The molecule has 0 spiro atoms. The Morgan fingerprint density at radius 3 is 2.47 bits per heavy atom. The van der Waals surface area contributed by atoms with Crippen molar-refractivity contribution >= 4 is 21.6 Å². The highest BCUT2D eigenvalue weighted by Crippen LogP contribution is 2.30. The molecule has 0 saturated heterocycles. The van der Waals surface area contributed by atoms with Crippen molar-refractivity contribution in [2.75, 3.05) is 17.9 Å². The van der Waals surface area contributed by atoms with Gasteiger partial charge in [0.05, 0.1) is 11.4 Å². The molecule has 3 aromatic carbocycles. The van der Waals surface area contributed by atoms with Crippen LogP contribution in [0.15, 0.2) is 71.6 Å². The molecule has 2 N–H and O–H groups in total. The second kappa shape index (κ2) is 8.92. The van der Waals surface area contributed by atoms with Crippen molar-refractivity contribution in [1.82, 2.24) is 5.32 Å². The van der Waals surface area contributed by atoms with E-state index in [0.717, 1.165) is 5.56 Å². The highest BCUT2D eigenvalue weighted by Gasteiger charge is 2.23. The highest BCUT2D eigenvalue weighted by atomic mass is 32.2. The van der Waals surface area contributed by atoms with Crippen molar-refractivity contribution < 1.29 is 22.7 Å². The number of carbonyl (C=O) groups excluding carboxylic acids is 1. The van der Waals surface area contributed by atoms with E-state index in [-0.39, 0.29) is 29.0 Å². The number of hydrogen-bond donors (Lipinski definition) is 2. The van der Waals surface area contributed by atoms with E-state index in [0.29, 0.717) is 29.4 Å². The molecule has 1 amide bonds. The minimum atomic E-state index is -3.86. The summed E-state index contributed by atoms with van der Waals surface area (Å²) < 4.78 is 39.9. The number of ether oxygens (including phenoxy) is 2. The Balaban J connectivity index is 1.45. The lowest BCUT2D eigenvalue weighted by Crippen LogP contribution is -2.40. The van der Waals surface area contributed by atoms with Crippen LogP contribution < -0.4 is 19.5 Å². The molecule has 1 aliphatic rings. The Morgan fingerprint density at radius 1 is 1.00 bits per heavy atom. The van der Waals surface area contributed by atoms with E-state index in [2.05, 4.69) is 10.0 Å². The SMILES string of the molecule is Cc1ccc(NS(=O)(=O)c2cc(C(=O)NC[C@@H]3COc4ccccc4O3)ccc2C)cc1. The molecule has 0 radical (unpaired) electrons. The first-order chi connectivity index (χ1) is 15.3. The van der Waals surface area contributed by atoms with E-state index in [1.54, 1.807) is 31.2 Å². The summed E-state index contributed by atoms with van der Waals surface area (Å²) in [6.07, 6.45) is -0.342. The van der Waals surface area contributed by atoms with Crippen LogP contribution in [0.3, 0.4) is 0 Å². The molecular weight excluding hydrogens is 428 g/mol. The normalized spacial score (nSPS) is 15.1. The number of anilines is 1. The molecule has 0 fully saturated rings. The van der Waals surface area contributed by atoms with Gasteiger partial charge in [-0.1, -0.05) is 35.9 Å². The van der Waals surface area contributed by atoms with Crippen molar-refractivity contribution in [3.05, 3.63) is 83.4 Å². The summed E-state index contributed by atoms with van der Waals surface area (Å²) in [4.78, 5) is 12.7. The highest BCUT2D eigenvalue weighted by molar-refractivity contribution is 7.92. The Kier molecular flexibility index (Phi) is 6.05. The number of benzene rings is 3. The van der Waals surface area contributed by atoms with Gasteiger partial charge in [0.2, 0.25) is 0 Å². The average Bonchev–Trinajstić information content (AvgIpc) is 2.79. The molecule has 166 valence electrons. The molecule has 4 rings (SSSR count). The smallest absolute Gasteiger partial charge is 0.262 e. The van der Waals surface area contributed by atoms with Crippen molar-refractivity contribution in [1.29, 1.82) is 0 Å². The molecule has 8 heteroatoms. The molecule has 3 aromatic rings. The average molecular weight is 453 g/mol. The lowest BCUT2D eigenvalue weighted by atomic mass is 10.1. The number of nitrogens with one attached hydrogen (secondary N) is 2. The van der Waals surface area contributed by atoms with Crippen LogP contribution in [0.25, 0.3) is 0 Å². The summed E-state index contributed by atoms with van der Waals surface area (Å²) >= 11 is 0. The molecule has 32 heavy (non-hydrogen) atoms. The van der Waals surface area contributed by atoms with Crippen LogP contribution in [-0.4, -0.2) is 33.6 Å². The number of rotatable bonds is 6. The van der Waals surface area contributed by atoms with Crippen LogP contribution in [0.4, 0.5) is 5.69 Å². The summed E-state index contributed by atoms with van der Waals surface area (Å²) in [5, 5.41) is 2.79. The fourth-order valence-electron chi connectivity index (χ4n) is 3.33. The van der Waals surface area contributed by atoms with Gasteiger partial charge in [0.25, 0.3) is 15.9 Å². The van der Waals surface area contributed by atoms with Crippen molar-refractivity contribution in [2.45, 2.75) is 24.8 Å². The lowest BCUT2D eigenvalue weighted by molar-refractivity contribution is 0.0789. The number of para-hydroxylation sites is 2. The predicted molar refractivity (Wildman–Crippen MR) is 122 cm³/mol. The fraction of sp³-hybridized carbons (Fsp3) is 0.208. The number of sulfonamides is 1. The first-order valence-corrected chi connectivity index (χ1v) is 11.7. The van der Waals surface area contributed by atoms with Crippen LogP contribution in [0.5, 0.6) is 11.5 Å². The van der Waals surface area contributed by atoms with Crippen molar-refractivity contribution in [2.24, 2.45) is 0 Å². The summed E-state index contributed by atoms with van der Waals surface area (Å²) in [5.41, 5.74) is 2.28. The second-order valence-electron chi connectivity index (χ2n) is 7.66. The van der Waals surface area contributed by atoms with Crippen molar-refractivity contribution in [3.63, 3.8) is 0 Å². The van der Waals surface area contributed by atoms with Gasteiger partial charge in [0.1, 0.15) is 12.7 Å². The van der Waals surface area contributed by atoms with Crippen LogP contribution in [0, 0.1) is 13.8 Å². The van der Waals surface area contributed by atoms with Gasteiger partial charge >= 0.3 is 0 Å². The van der Waals surface area contributed by atoms with E-state index < -0.39 is 10.0 Å². The summed E-state index contributed by atoms with van der Waals surface area (Å²) in [7, 11) is -3.86. The largest absolute Gasteiger partial charge is 0.486 e. The van der Waals surface area contributed by atoms with Gasteiger partial charge in [-0.3, -0.25) is 9.52 Å². The lowest BCUT2D eigenvalue weighted by Gasteiger charge is -2.26. The monoisotopic (exact) mass is 452 g/mol. The fourth-order valence-corrected chi connectivity index (χ4v) is 4.67. The minimum absolute atomic E-state index is 0.0527. The Labute approximate surface area is 187 Å². The number of fused-ring (bicyclic) bond motifs is 1. The maximum absolute atomic E-state index is 12.9. The molecule has 7 nitrogen and oxygen atoms in total. The standard InChI is InChI=1S/C24H24N2O5S/c1-16-7-11-19(12-8-16)26-32(28,29)23-13-18(10-9-17(23)2)24(27)25-14-20-15-30-21-5-3-4-6-22(21)31-20/h3-13,20,26H,14-15H2,1-2H3,(H,25,27)/t20-/m1/s1. The van der Waals surface area contributed by atoms with Crippen molar-refractivity contribution in [3.8, 4) is 11.5 Å². The molecule has 0 aromatic heterocycles. The molecule has 1 aliphatic heterocycles. The first-order valence-electron chi connectivity index (χ1n) is 10.2. The maximum atomic E-state index is 12.9. The number of aryl methyl sites for hydroxylation is 2. The number of amides is 1. The quantitative estimate of drug-likeness (QED) is 0.595. The van der Waals surface area contributed by atoms with Gasteiger partial charge in [-0.2, -0.15) is 0 Å². The third-order valence-electron chi connectivity index (χ3n) is 5.10. The van der Waals surface area contributed by atoms with Gasteiger partial charge in [-0.05, 0) is 55.8 Å². The van der Waals surface area contributed by atoms with Gasteiger partial charge in [0.15, 0.2) is 11.5 Å². The van der Waals surface area contributed by atoms with Crippen LogP contribution in [-0.2, 0) is 10.0 Å². The van der Waals surface area contributed by atoms with E-state index in [1.165, 1.54) is 6.07 Å². The predicted octanol–water partition coefficient (Wildman–Crippen LogP) is 3.67. The van der Waals surface area contributed by atoms with Crippen LogP contribution in [0.2, 0.25) is 0 Å². The molecule has 0 saturated carbocycles. The maximum Gasteiger partial charge on any atom is 0.262 e. The van der Waals surface area contributed by atoms with Crippen LogP contribution >= 0.6 is 0 Å². The second-order valence-corrected chi connectivity index (χ2v) is 9.31. The summed E-state index contributed by atoms with van der Waals surface area (Å²) in [5.74, 6) is 0.910. The molecule has 0 bridgehead atoms. The molecular formula is C24H24N2O5S. The minimum Gasteiger partial charge on any atom is -0.486 e. The third kappa shape index (κ3) is 4.86.